The number of benzene rings is 4. The zero-order valence-electron chi connectivity index (χ0n) is 37.5. The Hall–Kier alpha value is -5.87. The van der Waals surface area contributed by atoms with Crippen LogP contribution in [-0.2, 0) is 32.0 Å². The molecule has 66 heavy (non-hydrogen) atoms. The van der Waals surface area contributed by atoms with E-state index in [1.54, 1.807) is 32.9 Å². The molecule has 2 unspecified atom stereocenters. The van der Waals surface area contributed by atoms with Crippen molar-refractivity contribution in [3.05, 3.63) is 102 Å². The van der Waals surface area contributed by atoms with Crippen LogP contribution < -0.4 is 24.0 Å². The summed E-state index contributed by atoms with van der Waals surface area (Å²) in [5.41, 5.74) is 4.13. The molecule has 5 aliphatic rings. The van der Waals surface area contributed by atoms with E-state index in [0.717, 1.165) is 53.4 Å². The van der Waals surface area contributed by atoms with E-state index in [2.05, 4.69) is 11.5 Å². The Morgan fingerprint density at radius 1 is 0.909 bits per heavy atom. The van der Waals surface area contributed by atoms with Crippen LogP contribution in [0.2, 0.25) is 0 Å². The summed E-state index contributed by atoms with van der Waals surface area (Å²) in [6.45, 7) is 7.61. The second kappa shape index (κ2) is 19.9. The van der Waals surface area contributed by atoms with Crippen molar-refractivity contribution in [1.29, 1.82) is 0 Å². The van der Waals surface area contributed by atoms with Gasteiger partial charge >= 0.3 is 12.2 Å². The van der Waals surface area contributed by atoms with Crippen LogP contribution in [0.5, 0.6) is 17.2 Å². The number of rotatable bonds is 12. The lowest BCUT2D eigenvalue weighted by Crippen LogP contribution is -2.58. The predicted octanol–water partition coefficient (Wildman–Crippen LogP) is 7.70. The normalized spacial score (nSPS) is 21.6. The number of methoxy groups -OCH3 is 1. The van der Waals surface area contributed by atoms with E-state index in [-0.39, 0.29) is 60.1 Å². The van der Waals surface area contributed by atoms with Gasteiger partial charge in [0.05, 0.1) is 36.7 Å². The van der Waals surface area contributed by atoms with Gasteiger partial charge in [0.25, 0.3) is 5.91 Å². The van der Waals surface area contributed by atoms with Crippen LogP contribution in [-0.4, -0.2) is 130 Å². The maximum atomic E-state index is 14.8. The molecule has 16 heteroatoms. The molecule has 0 saturated carbocycles. The van der Waals surface area contributed by atoms with Crippen LogP contribution in [0.15, 0.2) is 79.4 Å². The molecule has 4 amide bonds. The minimum atomic E-state index is -0.990. The number of halogens is 1. The largest absolute Gasteiger partial charge is 0.493 e. The fourth-order valence-electron chi connectivity index (χ4n) is 9.76. The van der Waals surface area contributed by atoms with Gasteiger partial charge in [-0.15, -0.1) is 11.6 Å². The molecular weight excluding hydrogens is 866 g/mol. The lowest BCUT2D eigenvalue weighted by atomic mass is 9.92. The number of ether oxygens (including phenoxy) is 6. The first-order valence-electron chi connectivity index (χ1n) is 22.8. The van der Waals surface area contributed by atoms with Crippen molar-refractivity contribution in [2.45, 2.75) is 69.5 Å². The molecule has 15 nitrogen and oxygen atoms in total. The predicted molar refractivity (Wildman–Crippen MR) is 249 cm³/mol. The molecule has 2 saturated heterocycles. The molecule has 0 aromatic heterocycles. The number of fused-ring (bicyclic) bond motifs is 6. The van der Waals surface area contributed by atoms with Gasteiger partial charge in [0.1, 0.15) is 12.4 Å². The first-order valence-corrected chi connectivity index (χ1v) is 23.3. The minimum absolute atomic E-state index is 0.0670. The number of hydrogen-bond acceptors (Lipinski definition) is 11. The number of amides is 4. The van der Waals surface area contributed by atoms with Crippen molar-refractivity contribution >= 4 is 57.7 Å². The highest BCUT2D eigenvalue weighted by molar-refractivity contribution is 6.19. The van der Waals surface area contributed by atoms with Gasteiger partial charge in [0, 0.05) is 81.6 Å². The summed E-state index contributed by atoms with van der Waals surface area (Å²) in [6, 6.07) is 20.1. The van der Waals surface area contributed by atoms with E-state index in [0.29, 0.717) is 69.4 Å². The second-order valence-corrected chi connectivity index (χ2v) is 17.7. The number of nitrogens with zero attached hydrogens (tertiary/aromatic N) is 5. The van der Waals surface area contributed by atoms with Gasteiger partial charge in [-0.2, -0.15) is 0 Å². The summed E-state index contributed by atoms with van der Waals surface area (Å²) in [4.78, 5) is 65.4. The quantitative estimate of drug-likeness (QED) is 0.0785. The highest BCUT2D eigenvalue weighted by atomic mass is 35.5. The number of alkyl halides is 1. The van der Waals surface area contributed by atoms with Crippen LogP contribution >= 0.6 is 11.6 Å². The van der Waals surface area contributed by atoms with Gasteiger partial charge in [-0.05, 0) is 67.3 Å². The van der Waals surface area contributed by atoms with Crippen molar-refractivity contribution < 1.29 is 47.6 Å². The molecule has 348 valence electrons. The molecule has 5 aliphatic heterocycles. The molecule has 4 aromatic carbocycles. The van der Waals surface area contributed by atoms with Crippen molar-refractivity contribution in [2.24, 2.45) is 0 Å². The number of anilines is 2. The molecule has 5 heterocycles. The van der Waals surface area contributed by atoms with E-state index in [4.69, 9.17) is 40.0 Å². The number of carbonyl (C=O) groups excluding carboxylic acids is 4. The Morgan fingerprint density at radius 2 is 1.67 bits per heavy atom. The van der Waals surface area contributed by atoms with Crippen molar-refractivity contribution in [3.8, 4) is 17.2 Å². The van der Waals surface area contributed by atoms with Gasteiger partial charge in [-0.25, -0.2) is 14.5 Å². The third-order valence-electron chi connectivity index (χ3n) is 13.2. The Kier molecular flexibility index (Phi) is 13.7. The summed E-state index contributed by atoms with van der Waals surface area (Å²) >= 11 is 6.57. The summed E-state index contributed by atoms with van der Waals surface area (Å²) in [5.74, 6) is 0.657. The van der Waals surface area contributed by atoms with Crippen LogP contribution in [0, 0.1) is 0 Å². The molecule has 0 bridgehead atoms. The molecule has 0 N–H and O–H groups in total. The lowest BCUT2D eigenvalue weighted by Gasteiger charge is -2.43. The van der Waals surface area contributed by atoms with Crippen molar-refractivity contribution in [1.82, 2.24) is 14.7 Å². The molecule has 4 aromatic rings. The topological polar surface area (TPSA) is 140 Å². The Labute approximate surface area is 389 Å². The second-order valence-electron chi connectivity index (χ2n) is 17.4. The summed E-state index contributed by atoms with van der Waals surface area (Å²) < 4.78 is 36.8. The average Bonchev–Trinajstić information content (AvgIpc) is 3.69. The van der Waals surface area contributed by atoms with Crippen LogP contribution in [0.4, 0.5) is 21.0 Å². The third kappa shape index (κ3) is 9.01. The third-order valence-corrected chi connectivity index (χ3v) is 13.6. The zero-order chi connectivity index (χ0) is 45.9. The maximum Gasteiger partial charge on any atom is 0.416 e. The number of piperazine rings is 1. The van der Waals surface area contributed by atoms with Gasteiger partial charge in [0.2, 0.25) is 5.91 Å². The van der Waals surface area contributed by atoms with Gasteiger partial charge in [-0.1, -0.05) is 61.2 Å². The number of likely N-dealkylation sites (N-methyl/N-ethyl adjacent to an activating group) is 1. The molecule has 9 rings (SSSR count). The first kappa shape index (κ1) is 45.3. The van der Waals surface area contributed by atoms with E-state index in [1.807, 2.05) is 55.6 Å². The molecule has 0 aliphatic carbocycles. The van der Waals surface area contributed by atoms with E-state index >= 15 is 0 Å². The highest BCUT2D eigenvalue weighted by Crippen LogP contribution is 2.47. The Balaban J connectivity index is 0.973. The lowest BCUT2D eigenvalue weighted by molar-refractivity contribution is -0.197. The van der Waals surface area contributed by atoms with Crippen molar-refractivity contribution in [3.63, 3.8) is 0 Å². The molecule has 2 fully saturated rings. The monoisotopic (exact) mass is 921 g/mol. The Morgan fingerprint density at radius 3 is 2.41 bits per heavy atom. The van der Waals surface area contributed by atoms with Gasteiger partial charge in [0.15, 0.2) is 24.0 Å². The average molecular weight is 922 g/mol. The van der Waals surface area contributed by atoms with Crippen LogP contribution in [0.25, 0.3) is 10.8 Å². The van der Waals surface area contributed by atoms with E-state index < -0.39 is 30.7 Å². The Bertz CT molecular complexity index is 2490. The standard InChI is InChI=1S/C50H56ClN5O10/c1-4-22-64-50(60)56-38-27-43(42(61-3)26-37(38)47(58)55-30-33-13-6-5-12-32(33)25-40(55)48(56)66-45-17-9-10-23-63-45)62-24-11-16-44(57)54-31-34(29-51)46-36-15-8-7-14-35(36)41(28-39(46)54)65-49(59)53-20-18-52(2)19-21-53/h4-8,12-15,26-28,34,40,45,48H,1,9-11,16-25,29-31H2,2-3H3/t34-,40+,45?,48?/m1/s1. The van der Waals surface area contributed by atoms with Crippen LogP contribution in [0.1, 0.15) is 65.1 Å². The summed E-state index contributed by atoms with van der Waals surface area (Å²) in [6.07, 6.45) is 2.03. The van der Waals surface area contributed by atoms with E-state index in [1.165, 1.54) is 18.1 Å². The summed E-state index contributed by atoms with van der Waals surface area (Å²) in [7, 11) is 3.51. The molecule has 0 spiro atoms. The summed E-state index contributed by atoms with van der Waals surface area (Å²) in [5, 5.41) is 1.66. The molecular formula is C50H56ClN5O10. The smallest absolute Gasteiger partial charge is 0.416 e. The number of hydrogen-bond donors (Lipinski definition) is 0. The van der Waals surface area contributed by atoms with Gasteiger partial charge < -0.3 is 48.0 Å². The maximum absolute atomic E-state index is 14.8. The highest BCUT2D eigenvalue weighted by Gasteiger charge is 2.48. The minimum Gasteiger partial charge on any atom is -0.493 e. The fraction of sp³-hybridized carbons (Fsp3) is 0.440. The van der Waals surface area contributed by atoms with E-state index in [9.17, 15) is 19.2 Å². The fourth-order valence-corrected chi connectivity index (χ4v) is 10.0. The molecule has 0 radical (unpaired) electrons. The van der Waals surface area contributed by atoms with Crippen LogP contribution in [0.3, 0.4) is 0 Å². The first-order chi connectivity index (χ1) is 32.2. The van der Waals surface area contributed by atoms with Gasteiger partial charge in [-0.3, -0.25) is 9.59 Å². The molecule has 4 atom stereocenters. The zero-order valence-corrected chi connectivity index (χ0v) is 38.2. The number of carbonyl (C=O) groups is 4. The SMILES string of the molecule is C=CCOC(=O)N1c2cc(OCCCC(=O)N3C[C@@H](CCl)c4c3cc(OC(=O)N3CCN(C)CC3)c3ccccc43)c(OC)cc2C(=O)N2Cc3ccccc3C[C@H]2C1OC1CCCCO1. The van der Waals surface area contributed by atoms with Crippen molar-refractivity contribution in [2.75, 3.05) is 82.4 Å².